The van der Waals surface area contributed by atoms with Gasteiger partial charge in [-0.3, -0.25) is 4.98 Å². The quantitative estimate of drug-likeness (QED) is 0.717. The standard InChI is InChI=1S/C15H14N6O2/c1-2-11(8-16-3-1)13-19-15(23-20-13)12-9-17-10-18-14(12)21-4-6-22-7-5-21/h1-3,8-10H,4-7H2. The van der Waals surface area contributed by atoms with Gasteiger partial charge >= 0.3 is 0 Å². The molecule has 0 spiro atoms. The van der Waals surface area contributed by atoms with E-state index in [1.165, 1.54) is 6.33 Å². The van der Waals surface area contributed by atoms with E-state index < -0.39 is 0 Å². The molecular weight excluding hydrogens is 296 g/mol. The van der Waals surface area contributed by atoms with Crippen LogP contribution in [0.2, 0.25) is 0 Å². The number of morpholine rings is 1. The Balaban J connectivity index is 1.70. The van der Waals surface area contributed by atoms with Crippen LogP contribution in [0.5, 0.6) is 0 Å². The first-order valence-electron chi connectivity index (χ1n) is 7.29. The zero-order valence-electron chi connectivity index (χ0n) is 12.3. The van der Waals surface area contributed by atoms with Gasteiger partial charge in [0.15, 0.2) is 0 Å². The molecule has 23 heavy (non-hydrogen) atoms. The SMILES string of the molecule is c1cncc(-c2noc(-c3cncnc3N3CCOCC3)n2)c1. The highest BCUT2D eigenvalue weighted by Gasteiger charge is 2.21. The van der Waals surface area contributed by atoms with E-state index in [0.29, 0.717) is 24.9 Å². The lowest BCUT2D eigenvalue weighted by Crippen LogP contribution is -2.37. The van der Waals surface area contributed by atoms with Gasteiger partial charge in [0.1, 0.15) is 17.7 Å². The lowest BCUT2D eigenvalue weighted by molar-refractivity contribution is 0.122. The average Bonchev–Trinajstić information content (AvgIpc) is 3.13. The molecule has 0 bridgehead atoms. The third-order valence-electron chi connectivity index (χ3n) is 3.58. The van der Waals surface area contributed by atoms with E-state index in [1.54, 1.807) is 18.6 Å². The van der Waals surface area contributed by atoms with Crippen LogP contribution in [0, 0.1) is 0 Å². The molecule has 0 N–H and O–H groups in total. The van der Waals surface area contributed by atoms with Crippen molar-refractivity contribution in [3.05, 3.63) is 37.1 Å². The number of ether oxygens (including phenoxy) is 1. The largest absolute Gasteiger partial charge is 0.378 e. The summed E-state index contributed by atoms with van der Waals surface area (Å²) in [6.45, 7) is 2.89. The molecule has 0 aliphatic carbocycles. The van der Waals surface area contributed by atoms with Gasteiger partial charge in [-0.15, -0.1) is 0 Å². The average molecular weight is 310 g/mol. The zero-order valence-corrected chi connectivity index (χ0v) is 12.3. The Morgan fingerprint density at radius 3 is 2.83 bits per heavy atom. The molecule has 1 fully saturated rings. The summed E-state index contributed by atoms with van der Waals surface area (Å²) in [7, 11) is 0. The minimum atomic E-state index is 0.394. The predicted octanol–water partition coefficient (Wildman–Crippen LogP) is 1.43. The number of pyridine rings is 1. The van der Waals surface area contributed by atoms with Gasteiger partial charge in [0.05, 0.1) is 13.2 Å². The molecule has 1 saturated heterocycles. The number of anilines is 1. The molecule has 8 heteroatoms. The van der Waals surface area contributed by atoms with Crippen LogP contribution in [0.1, 0.15) is 0 Å². The fraction of sp³-hybridized carbons (Fsp3) is 0.267. The van der Waals surface area contributed by atoms with Gasteiger partial charge in [0.2, 0.25) is 5.82 Å². The van der Waals surface area contributed by atoms with Crippen LogP contribution in [0.15, 0.2) is 41.6 Å². The summed E-state index contributed by atoms with van der Waals surface area (Å²) in [5.41, 5.74) is 1.52. The number of hydrogen-bond donors (Lipinski definition) is 0. The maximum atomic E-state index is 5.41. The second kappa shape index (κ2) is 6.09. The van der Waals surface area contributed by atoms with E-state index in [-0.39, 0.29) is 0 Å². The first-order valence-corrected chi connectivity index (χ1v) is 7.29. The van der Waals surface area contributed by atoms with Crippen LogP contribution in [-0.4, -0.2) is 51.4 Å². The van der Waals surface area contributed by atoms with Gasteiger partial charge in [-0.05, 0) is 12.1 Å². The van der Waals surface area contributed by atoms with Gasteiger partial charge in [-0.25, -0.2) is 9.97 Å². The van der Waals surface area contributed by atoms with Crippen LogP contribution in [0.25, 0.3) is 22.8 Å². The van der Waals surface area contributed by atoms with Crippen molar-refractivity contribution in [2.75, 3.05) is 31.2 Å². The lowest BCUT2D eigenvalue weighted by atomic mass is 10.2. The third-order valence-corrected chi connectivity index (χ3v) is 3.58. The van der Waals surface area contributed by atoms with Gasteiger partial charge in [-0.2, -0.15) is 4.98 Å². The molecule has 0 aromatic carbocycles. The number of rotatable bonds is 3. The first kappa shape index (κ1) is 13.8. The third kappa shape index (κ3) is 2.76. The summed E-state index contributed by atoms with van der Waals surface area (Å²) in [6.07, 6.45) is 6.61. The molecular formula is C15H14N6O2. The normalized spacial score (nSPS) is 14.9. The van der Waals surface area contributed by atoms with Crippen molar-refractivity contribution in [3.63, 3.8) is 0 Å². The van der Waals surface area contributed by atoms with E-state index in [9.17, 15) is 0 Å². The minimum Gasteiger partial charge on any atom is -0.378 e. The van der Waals surface area contributed by atoms with Crippen LogP contribution in [0.4, 0.5) is 5.82 Å². The van der Waals surface area contributed by atoms with Crippen molar-refractivity contribution in [1.82, 2.24) is 25.1 Å². The molecule has 3 aromatic heterocycles. The Labute approximate surface area is 132 Å². The van der Waals surface area contributed by atoms with Gasteiger partial charge < -0.3 is 14.2 Å². The summed E-state index contributed by atoms with van der Waals surface area (Å²) in [4.78, 5) is 19.1. The summed E-state index contributed by atoms with van der Waals surface area (Å²) < 4.78 is 10.8. The fourth-order valence-corrected chi connectivity index (χ4v) is 2.45. The van der Waals surface area contributed by atoms with E-state index in [4.69, 9.17) is 9.26 Å². The van der Waals surface area contributed by atoms with Crippen LogP contribution in [0.3, 0.4) is 0 Å². The molecule has 0 amide bonds. The molecule has 4 rings (SSSR count). The van der Waals surface area contributed by atoms with Crippen molar-refractivity contribution in [2.45, 2.75) is 0 Å². The first-order chi connectivity index (χ1) is 11.4. The Morgan fingerprint density at radius 1 is 1.09 bits per heavy atom. The maximum absolute atomic E-state index is 5.41. The smallest absolute Gasteiger partial charge is 0.263 e. The number of nitrogens with zero attached hydrogens (tertiary/aromatic N) is 6. The lowest BCUT2D eigenvalue weighted by Gasteiger charge is -2.28. The highest BCUT2D eigenvalue weighted by Crippen LogP contribution is 2.28. The van der Waals surface area contributed by atoms with E-state index in [0.717, 1.165) is 30.0 Å². The highest BCUT2D eigenvalue weighted by atomic mass is 16.5. The molecule has 0 saturated carbocycles. The fourth-order valence-electron chi connectivity index (χ4n) is 2.45. The van der Waals surface area contributed by atoms with Crippen LogP contribution < -0.4 is 4.90 Å². The van der Waals surface area contributed by atoms with E-state index in [2.05, 4.69) is 30.0 Å². The molecule has 3 aromatic rings. The molecule has 0 atom stereocenters. The molecule has 8 nitrogen and oxygen atoms in total. The Hall–Kier alpha value is -2.87. The second-order valence-corrected chi connectivity index (χ2v) is 5.02. The zero-order chi connectivity index (χ0) is 15.5. The highest BCUT2D eigenvalue weighted by molar-refractivity contribution is 5.70. The molecule has 1 aliphatic heterocycles. The van der Waals surface area contributed by atoms with Gasteiger partial charge in [0.25, 0.3) is 5.89 Å². The van der Waals surface area contributed by atoms with Crippen molar-refractivity contribution in [2.24, 2.45) is 0 Å². The van der Waals surface area contributed by atoms with E-state index in [1.807, 2.05) is 12.1 Å². The Kier molecular flexibility index (Phi) is 3.65. The topological polar surface area (TPSA) is 90.1 Å². The van der Waals surface area contributed by atoms with Crippen molar-refractivity contribution >= 4 is 5.82 Å². The second-order valence-electron chi connectivity index (χ2n) is 5.02. The minimum absolute atomic E-state index is 0.394. The van der Waals surface area contributed by atoms with E-state index >= 15 is 0 Å². The predicted molar refractivity (Wildman–Crippen MR) is 81.6 cm³/mol. The molecule has 0 unspecified atom stereocenters. The van der Waals surface area contributed by atoms with Crippen LogP contribution in [-0.2, 0) is 4.74 Å². The number of aromatic nitrogens is 5. The molecule has 116 valence electrons. The van der Waals surface area contributed by atoms with Crippen LogP contribution >= 0.6 is 0 Å². The number of hydrogen-bond acceptors (Lipinski definition) is 8. The van der Waals surface area contributed by atoms with Crippen molar-refractivity contribution in [1.29, 1.82) is 0 Å². The summed E-state index contributed by atoms with van der Waals surface area (Å²) in [5.74, 6) is 1.67. The maximum Gasteiger partial charge on any atom is 0.263 e. The monoisotopic (exact) mass is 310 g/mol. The Morgan fingerprint density at radius 2 is 2.00 bits per heavy atom. The summed E-state index contributed by atoms with van der Waals surface area (Å²) in [5, 5.41) is 4.02. The molecule has 1 aliphatic rings. The summed E-state index contributed by atoms with van der Waals surface area (Å²) in [6, 6.07) is 3.71. The van der Waals surface area contributed by atoms with Crippen molar-refractivity contribution in [3.8, 4) is 22.8 Å². The van der Waals surface area contributed by atoms with Gasteiger partial charge in [0, 0.05) is 37.2 Å². The van der Waals surface area contributed by atoms with Gasteiger partial charge in [-0.1, -0.05) is 5.16 Å². The molecule has 4 heterocycles. The Bertz CT molecular complexity index is 785. The summed E-state index contributed by atoms with van der Waals surface area (Å²) >= 11 is 0. The molecule has 0 radical (unpaired) electrons. The van der Waals surface area contributed by atoms with Crippen molar-refractivity contribution < 1.29 is 9.26 Å².